The Labute approximate surface area is 182 Å². The number of amides is 1. The summed E-state index contributed by atoms with van der Waals surface area (Å²) in [5.41, 5.74) is 0. The van der Waals surface area contributed by atoms with Gasteiger partial charge >= 0.3 is 0 Å². The van der Waals surface area contributed by atoms with Crippen molar-refractivity contribution in [1.82, 2.24) is 24.9 Å². The Bertz CT molecular complexity index is 536. The summed E-state index contributed by atoms with van der Waals surface area (Å²) in [6, 6.07) is 0. The summed E-state index contributed by atoms with van der Waals surface area (Å²) in [4.78, 5) is 26.5. The molecule has 3 aliphatic rings. The summed E-state index contributed by atoms with van der Waals surface area (Å²) < 4.78 is 0. The van der Waals surface area contributed by atoms with Crippen LogP contribution in [0.5, 0.6) is 0 Å². The van der Waals surface area contributed by atoms with Gasteiger partial charge in [0.15, 0.2) is 5.96 Å². The highest BCUT2D eigenvalue weighted by molar-refractivity contribution is 5.80. The molecule has 172 valence electrons. The van der Waals surface area contributed by atoms with Crippen molar-refractivity contribution >= 4 is 11.9 Å². The van der Waals surface area contributed by atoms with Gasteiger partial charge in [-0.05, 0) is 52.0 Å². The Kier molecular flexibility index (Phi) is 9.68. The van der Waals surface area contributed by atoms with E-state index in [2.05, 4.69) is 26.9 Å². The third-order valence-electron chi connectivity index (χ3n) is 6.53. The van der Waals surface area contributed by atoms with Gasteiger partial charge in [-0.25, -0.2) is 0 Å². The molecule has 8 heteroatoms. The first kappa shape index (κ1) is 23.3. The molecular weight excluding hydrogens is 380 g/mol. The number of piperazine rings is 1. The topological polar surface area (TPSA) is 74.6 Å². The number of likely N-dealkylation sites (tertiary alicyclic amines) is 2. The minimum Gasteiger partial charge on any atom is -0.393 e. The average Bonchev–Trinajstić information content (AvgIpc) is 2.78. The molecule has 1 amide bonds. The van der Waals surface area contributed by atoms with E-state index in [1.807, 2.05) is 4.90 Å². The second-order valence-corrected chi connectivity index (χ2v) is 8.87. The van der Waals surface area contributed by atoms with Crippen LogP contribution >= 0.6 is 0 Å². The number of nitrogens with zero attached hydrogens (tertiary/aromatic N) is 5. The Hall–Kier alpha value is -1.38. The van der Waals surface area contributed by atoms with Crippen LogP contribution in [0.3, 0.4) is 0 Å². The number of aliphatic hydroxyl groups excluding tert-OH is 1. The molecule has 0 saturated carbocycles. The van der Waals surface area contributed by atoms with Crippen molar-refractivity contribution in [2.45, 2.75) is 51.6 Å². The van der Waals surface area contributed by atoms with Crippen molar-refractivity contribution in [1.29, 1.82) is 0 Å². The lowest BCUT2D eigenvalue weighted by atomic mass is 10.1. The lowest BCUT2D eigenvalue weighted by molar-refractivity contribution is -0.133. The summed E-state index contributed by atoms with van der Waals surface area (Å²) in [7, 11) is 0. The van der Waals surface area contributed by atoms with Crippen molar-refractivity contribution in [2.24, 2.45) is 4.99 Å². The number of carbonyl (C=O) groups excluding carboxylic acids is 1. The molecule has 2 N–H and O–H groups in total. The van der Waals surface area contributed by atoms with Gasteiger partial charge < -0.3 is 25.1 Å². The number of hydrogen-bond acceptors (Lipinski definition) is 5. The highest BCUT2D eigenvalue weighted by atomic mass is 16.3. The lowest BCUT2D eigenvalue weighted by Crippen LogP contribution is -2.54. The molecule has 3 saturated heterocycles. The molecule has 30 heavy (non-hydrogen) atoms. The summed E-state index contributed by atoms with van der Waals surface area (Å²) in [6.45, 7) is 13.0. The number of aliphatic imine (C=N–C) groups is 1. The third-order valence-corrected chi connectivity index (χ3v) is 6.53. The van der Waals surface area contributed by atoms with Gasteiger partial charge in [0.1, 0.15) is 0 Å². The number of guanidine groups is 1. The van der Waals surface area contributed by atoms with Crippen molar-refractivity contribution in [2.75, 3.05) is 78.5 Å². The molecule has 0 radical (unpaired) electrons. The molecule has 0 aliphatic carbocycles. The molecule has 3 fully saturated rings. The maximum Gasteiger partial charge on any atom is 0.236 e. The van der Waals surface area contributed by atoms with Gasteiger partial charge in [0.05, 0.1) is 12.6 Å². The van der Waals surface area contributed by atoms with E-state index >= 15 is 0 Å². The van der Waals surface area contributed by atoms with E-state index in [-0.39, 0.29) is 6.10 Å². The molecule has 8 nitrogen and oxygen atoms in total. The van der Waals surface area contributed by atoms with Crippen LogP contribution in [-0.4, -0.2) is 121 Å². The van der Waals surface area contributed by atoms with Crippen LogP contribution in [0.15, 0.2) is 4.99 Å². The van der Waals surface area contributed by atoms with Crippen molar-refractivity contribution in [3.05, 3.63) is 0 Å². The zero-order valence-electron chi connectivity index (χ0n) is 18.9. The quantitative estimate of drug-likeness (QED) is 0.352. The van der Waals surface area contributed by atoms with E-state index in [4.69, 9.17) is 4.99 Å². The Morgan fingerprint density at radius 2 is 1.63 bits per heavy atom. The fraction of sp³-hybridized carbons (Fsp3) is 0.909. The number of rotatable bonds is 7. The Morgan fingerprint density at radius 1 is 0.933 bits per heavy atom. The largest absolute Gasteiger partial charge is 0.393 e. The number of aliphatic hydroxyl groups is 1. The standard InChI is InChI=1S/C22H42N6O2/c1-2-23-22(24-9-6-10-25-13-7-20(29)8-14-25)28-17-15-26(16-18-28)19-21(30)27-11-4-3-5-12-27/h20,29H,2-19H2,1H3,(H,23,24). The van der Waals surface area contributed by atoms with E-state index < -0.39 is 0 Å². The van der Waals surface area contributed by atoms with Gasteiger partial charge in [-0.3, -0.25) is 14.7 Å². The molecule has 0 bridgehead atoms. The summed E-state index contributed by atoms with van der Waals surface area (Å²) in [5, 5.41) is 13.1. The third kappa shape index (κ3) is 7.39. The molecule has 3 heterocycles. The van der Waals surface area contributed by atoms with Crippen LogP contribution in [-0.2, 0) is 4.79 Å². The number of piperidine rings is 2. The van der Waals surface area contributed by atoms with Crippen LogP contribution in [0.25, 0.3) is 0 Å². The first-order chi connectivity index (χ1) is 14.7. The van der Waals surface area contributed by atoms with Gasteiger partial charge in [0, 0.05) is 65.4 Å². The fourth-order valence-electron chi connectivity index (χ4n) is 4.60. The van der Waals surface area contributed by atoms with Crippen molar-refractivity contribution in [3.8, 4) is 0 Å². The van der Waals surface area contributed by atoms with Gasteiger partial charge in [0.25, 0.3) is 0 Å². The highest BCUT2D eigenvalue weighted by Crippen LogP contribution is 2.11. The fourth-order valence-corrected chi connectivity index (χ4v) is 4.60. The molecule has 3 rings (SSSR count). The van der Waals surface area contributed by atoms with Gasteiger partial charge in [-0.2, -0.15) is 0 Å². The van der Waals surface area contributed by atoms with Gasteiger partial charge in [0.2, 0.25) is 5.91 Å². The molecule has 0 spiro atoms. The van der Waals surface area contributed by atoms with Crippen molar-refractivity contribution < 1.29 is 9.90 Å². The molecular formula is C22H42N6O2. The second kappa shape index (κ2) is 12.5. The molecule has 0 atom stereocenters. The lowest BCUT2D eigenvalue weighted by Gasteiger charge is -2.37. The smallest absolute Gasteiger partial charge is 0.236 e. The summed E-state index contributed by atoms with van der Waals surface area (Å²) in [6.07, 6.45) is 6.32. The molecule has 0 aromatic carbocycles. The predicted octanol–water partition coefficient (Wildman–Crippen LogP) is 0.429. The predicted molar refractivity (Wildman–Crippen MR) is 121 cm³/mol. The number of nitrogens with one attached hydrogen (secondary N) is 1. The molecule has 0 aromatic rings. The van der Waals surface area contributed by atoms with Crippen LogP contribution in [0, 0.1) is 0 Å². The maximum atomic E-state index is 12.5. The highest BCUT2D eigenvalue weighted by Gasteiger charge is 2.24. The van der Waals surface area contributed by atoms with E-state index in [1.165, 1.54) is 6.42 Å². The zero-order chi connectivity index (χ0) is 21.2. The van der Waals surface area contributed by atoms with Gasteiger partial charge in [-0.1, -0.05) is 0 Å². The van der Waals surface area contributed by atoms with E-state index in [9.17, 15) is 9.90 Å². The van der Waals surface area contributed by atoms with Gasteiger partial charge in [-0.15, -0.1) is 0 Å². The monoisotopic (exact) mass is 422 g/mol. The Morgan fingerprint density at radius 3 is 2.30 bits per heavy atom. The Balaban J connectivity index is 1.37. The molecule has 0 aromatic heterocycles. The zero-order valence-corrected chi connectivity index (χ0v) is 18.9. The van der Waals surface area contributed by atoms with Crippen LogP contribution in [0.4, 0.5) is 0 Å². The second-order valence-electron chi connectivity index (χ2n) is 8.87. The summed E-state index contributed by atoms with van der Waals surface area (Å²) in [5.74, 6) is 1.31. The SMILES string of the molecule is CCNC(=NCCCN1CCC(O)CC1)N1CCN(CC(=O)N2CCCCC2)CC1. The van der Waals surface area contributed by atoms with E-state index in [1.54, 1.807) is 0 Å². The average molecular weight is 423 g/mol. The van der Waals surface area contributed by atoms with E-state index in [0.29, 0.717) is 12.5 Å². The minimum absolute atomic E-state index is 0.103. The normalized spacial score (nSPS) is 23.1. The van der Waals surface area contributed by atoms with Crippen LogP contribution in [0.2, 0.25) is 0 Å². The minimum atomic E-state index is -0.103. The first-order valence-corrected chi connectivity index (χ1v) is 12.1. The molecule has 0 unspecified atom stereocenters. The van der Waals surface area contributed by atoms with Crippen LogP contribution < -0.4 is 5.32 Å². The van der Waals surface area contributed by atoms with Crippen LogP contribution in [0.1, 0.15) is 45.4 Å². The number of carbonyl (C=O) groups is 1. The summed E-state index contributed by atoms with van der Waals surface area (Å²) >= 11 is 0. The van der Waals surface area contributed by atoms with Crippen molar-refractivity contribution in [3.63, 3.8) is 0 Å². The maximum absolute atomic E-state index is 12.5. The molecule has 3 aliphatic heterocycles. The first-order valence-electron chi connectivity index (χ1n) is 12.1. The van der Waals surface area contributed by atoms with E-state index in [0.717, 1.165) is 110 Å². The number of hydrogen-bond donors (Lipinski definition) is 2.